The Labute approximate surface area is 161 Å². The Kier molecular flexibility index (Phi) is 6.22. The maximum atomic E-state index is 11.5. The molecule has 1 saturated heterocycles. The summed E-state index contributed by atoms with van der Waals surface area (Å²) in [6.45, 7) is 8.26. The van der Waals surface area contributed by atoms with E-state index in [0.717, 1.165) is 30.2 Å². The molecule has 1 fully saturated rings. The minimum Gasteiger partial charge on any atom is -0.494 e. The largest absolute Gasteiger partial charge is 0.494 e. The van der Waals surface area contributed by atoms with Crippen LogP contribution in [0.4, 0.5) is 5.69 Å². The lowest BCUT2D eigenvalue weighted by Crippen LogP contribution is -2.54. The van der Waals surface area contributed by atoms with Crippen LogP contribution >= 0.6 is 0 Å². The third-order valence-electron chi connectivity index (χ3n) is 4.74. The average Bonchev–Trinajstić information content (AvgIpc) is 2.66. The number of benzene rings is 2. The van der Waals surface area contributed by atoms with E-state index in [4.69, 9.17) is 9.47 Å². The van der Waals surface area contributed by atoms with E-state index in [9.17, 15) is 4.79 Å². The number of amides is 1. The summed E-state index contributed by atoms with van der Waals surface area (Å²) >= 11 is 0. The van der Waals surface area contributed by atoms with Crippen molar-refractivity contribution >= 4 is 11.6 Å². The van der Waals surface area contributed by atoms with Gasteiger partial charge in [0, 0.05) is 12.1 Å². The molecule has 0 unspecified atom stereocenters. The number of carbonyl (C=O) groups excluding carboxylic acids is 1. The second-order valence-electron chi connectivity index (χ2n) is 6.78. The van der Waals surface area contributed by atoms with Crippen LogP contribution in [0.2, 0.25) is 0 Å². The number of nitrogens with zero attached hydrogens (tertiary/aromatic N) is 1. The van der Waals surface area contributed by atoms with Gasteiger partial charge in [-0.15, -0.1) is 0 Å². The van der Waals surface area contributed by atoms with Crippen LogP contribution < -0.4 is 19.7 Å². The number of anilines is 1. The summed E-state index contributed by atoms with van der Waals surface area (Å²) in [7, 11) is 0. The molecule has 0 aliphatic carbocycles. The Morgan fingerprint density at radius 1 is 1.07 bits per heavy atom. The van der Waals surface area contributed by atoms with Crippen LogP contribution in [0.5, 0.6) is 11.5 Å². The first-order chi connectivity index (χ1) is 13.1. The molecule has 1 N–H and O–H groups in total. The molecule has 1 aliphatic rings. The van der Waals surface area contributed by atoms with Crippen molar-refractivity contribution in [3.05, 3.63) is 54.1 Å². The third-order valence-corrected chi connectivity index (χ3v) is 4.74. The molecule has 0 aromatic heterocycles. The zero-order chi connectivity index (χ0) is 19.2. The fourth-order valence-electron chi connectivity index (χ4n) is 3.10. The van der Waals surface area contributed by atoms with Crippen LogP contribution in [0.15, 0.2) is 48.5 Å². The number of carbonyl (C=O) groups is 1. The van der Waals surface area contributed by atoms with E-state index < -0.39 is 0 Å². The topological polar surface area (TPSA) is 50.8 Å². The third kappa shape index (κ3) is 4.94. The van der Waals surface area contributed by atoms with Crippen LogP contribution in [0.1, 0.15) is 38.8 Å². The van der Waals surface area contributed by atoms with Gasteiger partial charge in [0.2, 0.25) is 5.91 Å². The Morgan fingerprint density at radius 2 is 1.70 bits per heavy atom. The molecule has 2 aromatic carbocycles. The lowest BCUT2D eigenvalue weighted by molar-refractivity contribution is -0.121. The molecular formula is C22H28N2O3. The highest BCUT2D eigenvalue weighted by molar-refractivity contribution is 5.76. The van der Waals surface area contributed by atoms with Gasteiger partial charge in [0.05, 0.1) is 25.7 Å². The quantitative estimate of drug-likeness (QED) is 0.767. The number of hydrogen-bond donors (Lipinski definition) is 1. The van der Waals surface area contributed by atoms with Crippen LogP contribution in [0.25, 0.3) is 0 Å². The molecule has 1 heterocycles. The van der Waals surface area contributed by atoms with Crippen LogP contribution in [0.3, 0.4) is 0 Å². The minimum atomic E-state index is 0.00496. The predicted molar refractivity (Wildman–Crippen MR) is 108 cm³/mol. The maximum absolute atomic E-state index is 11.5. The van der Waals surface area contributed by atoms with Crippen LogP contribution in [-0.4, -0.2) is 31.7 Å². The number of ether oxygens (including phenoxy) is 2. The molecule has 1 aliphatic heterocycles. The monoisotopic (exact) mass is 368 g/mol. The van der Waals surface area contributed by atoms with Crippen molar-refractivity contribution in [1.29, 1.82) is 0 Å². The lowest BCUT2D eigenvalue weighted by Gasteiger charge is -2.40. The van der Waals surface area contributed by atoms with E-state index in [1.165, 1.54) is 5.69 Å². The van der Waals surface area contributed by atoms with Gasteiger partial charge in [-0.05, 0) is 55.8 Å². The van der Waals surface area contributed by atoms with E-state index in [2.05, 4.69) is 22.3 Å². The first-order valence-corrected chi connectivity index (χ1v) is 9.62. The fraction of sp³-hybridized carbons (Fsp3) is 0.409. The van der Waals surface area contributed by atoms with Crippen LogP contribution in [-0.2, 0) is 4.79 Å². The molecular weight excluding hydrogens is 340 g/mol. The van der Waals surface area contributed by atoms with E-state index in [0.29, 0.717) is 13.0 Å². The number of nitrogens with one attached hydrogen (secondary N) is 1. The normalized spacial score (nSPS) is 15.0. The number of hydrogen-bond acceptors (Lipinski definition) is 4. The van der Waals surface area contributed by atoms with Gasteiger partial charge in [-0.25, -0.2) is 0 Å². The molecule has 0 radical (unpaired) electrons. The summed E-state index contributed by atoms with van der Waals surface area (Å²) in [5.41, 5.74) is 2.27. The zero-order valence-electron chi connectivity index (χ0n) is 16.3. The van der Waals surface area contributed by atoms with Gasteiger partial charge in [0.25, 0.3) is 0 Å². The highest BCUT2D eigenvalue weighted by Gasteiger charge is 2.28. The molecule has 5 heteroatoms. The van der Waals surface area contributed by atoms with E-state index in [1.807, 2.05) is 57.2 Å². The predicted octanol–water partition coefficient (Wildman–Crippen LogP) is 3.94. The highest BCUT2D eigenvalue weighted by atomic mass is 16.5. The van der Waals surface area contributed by atoms with Crippen molar-refractivity contribution in [2.45, 2.75) is 39.3 Å². The molecule has 1 atom stereocenters. The van der Waals surface area contributed by atoms with E-state index >= 15 is 0 Å². The van der Waals surface area contributed by atoms with Gasteiger partial charge in [-0.1, -0.05) is 19.1 Å². The Bertz CT molecular complexity index is 737. The molecule has 0 spiro atoms. The van der Waals surface area contributed by atoms with Crippen molar-refractivity contribution < 1.29 is 14.3 Å². The minimum absolute atomic E-state index is 0.00496. The lowest BCUT2D eigenvalue weighted by atomic mass is 10.1. The number of rotatable bonds is 8. The van der Waals surface area contributed by atoms with Crippen LogP contribution in [0, 0.1) is 0 Å². The summed E-state index contributed by atoms with van der Waals surface area (Å²) in [6.07, 6.45) is 0.692. The van der Waals surface area contributed by atoms with E-state index in [1.54, 1.807) is 0 Å². The summed E-state index contributed by atoms with van der Waals surface area (Å²) < 4.78 is 11.5. The van der Waals surface area contributed by atoms with Gasteiger partial charge in [0.1, 0.15) is 17.6 Å². The Hall–Kier alpha value is -2.69. The van der Waals surface area contributed by atoms with Crippen molar-refractivity contribution in [3.63, 3.8) is 0 Å². The Morgan fingerprint density at radius 3 is 2.30 bits per heavy atom. The first kappa shape index (κ1) is 19.1. The zero-order valence-corrected chi connectivity index (χ0v) is 16.3. The molecule has 5 nitrogen and oxygen atoms in total. The Balaban J connectivity index is 1.47. The van der Waals surface area contributed by atoms with Gasteiger partial charge >= 0.3 is 0 Å². The molecule has 2 aromatic rings. The summed E-state index contributed by atoms with van der Waals surface area (Å²) in [6, 6.07) is 16.2. The molecule has 3 rings (SSSR count). The second-order valence-corrected chi connectivity index (χ2v) is 6.78. The SMILES string of the molecule is CCOc1ccc(N2CC(Oc3ccc([C@H](C)NC(=O)CC)cc3)C2)cc1. The first-order valence-electron chi connectivity index (χ1n) is 9.62. The molecule has 0 bridgehead atoms. The summed E-state index contributed by atoms with van der Waals surface area (Å²) in [4.78, 5) is 13.8. The van der Waals surface area contributed by atoms with Crippen molar-refractivity contribution in [2.75, 3.05) is 24.6 Å². The van der Waals surface area contributed by atoms with Gasteiger partial charge in [0.15, 0.2) is 0 Å². The molecule has 0 saturated carbocycles. The summed E-state index contributed by atoms with van der Waals surface area (Å²) in [5, 5.41) is 2.97. The molecule has 27 heavy (non-hydrogen) atoms. The van der Waals surface area contributed by atoms with Gasteiger partial charge < -0.3 is 19.7 Å². The van der Waals surface area contributed by atoms with Crippen molar-refractivity contribution in [2.24, 2.45) is 0 Å². The molecule has 1 amide bonds. The smallest absolute Gasteiger partial charge is 0.220 e. The highest BCUT2D eigenvalue weighted by Crippen LogP contribution is 2.26. The standard InChI is InChI=1S/C22H28N2O3/c1-4-22(25)23-16(3)17-6-10-20(11-7-17)27-21-14-24(15-21)18-8-12-19(13-9-18)26-5-2/h6-13,16,21H,4-5,14-15H2,1-3H3,(H,23,25)/t16-/m0/s1. The average molecular weight is 368 g/mol. The maximum Gasteiger partial charge on any atom is 0.220 e. The summed E-state index contributed by atoms with van der Waals surface area (Å²) in [5.74, 6) is 1.83. The van der Waals surface area contributed by atoms with Crippen molar-refractivity contribution in [1.82, 2.24) is 5.32 Å². The van der Waals surface area contributed by atoms with Gasteiger partial charge in [-0.3, -0.25) is 4.79 Å². The van der Waals surface area contributed by atoms with E-state index in [-0.39, 0.29) is 18.1 Å². The van der Waals surface area contributed by atoms with Gasteiger partial charge in [-0.2, -0.15) is 0 Å². The molecule has 144 valence electrons. The fourth-order valence-corrected chi connectivity index (χ4v) is 3.10. The van der Waals surface area contributed by atoms with Crippen molar-refractivity contribution in [3.8, 4) is 11.5 Å². The second kappa shape index (κ2) is 8.80.